The van der Waals surface area contributed by atoms with Crippen molar-refractivity contribution in [1.29, 1.82) is 0 Å². The minimum atomic E-state index is -0.381. The summed E-state index contributed by atoms with van der Waals surface area (Å²) in [6, 6.07) is 4.72. The number of benzene rings is 1. The van der Waals surface area contributed by atoms with E-state index in [9.17, 15) is 9.59 Å². The van der Waals surface area contributed by atoms with Gasteiger partial charge in [-0.3, -0.25) is 9.59 Å². The van der Waals surface area contributed by atoms with Gasteiger partial charge in [-0.25, -0.2) is 0 Å². The van der Waals surface area contributed by atoms with Crippen LogP contribution >= 0.6 is 23.2 Å². The van der Waals surface area contributed by atoms with Gasteiger partial charge < -0.3 is 10.2 Å². The molecule has 0 spiro atoms. The van der Waals surface area contributed by atoms with Crippen molar-refractivity contribution in [2.75, 3.05) is 6.54 Å². The maximum absolute atomic E-state index is 12.8. The molecule has 1 aliphatic carbocycles. The van der Waals surface area contributed by atoms with Crippen LogP contribution in [-0.2, 0) is 4.79 Å². The largest absolute Gasteiger partial charge is 0.352 e. The minimum Gasteiger partial charge on any atom is -0.352 e. The van der Waals surface area contributed by atoms with E-state index in [4.69, 9.17) is 23.2 Å². The summed E-state index contributed by atoms with van der Waals surface area (Å²) in [5.74, 6) is -0.178. The molecule has 1 heterocycles. The van der Waals surface area contributed by atoms with Crippen LogP contribution in [0.15, 0.2) is 18.2 Å². The van der Waals surface area contributed by atoms with Gasteiger partial charge in [0, 0.05) is 18.2 Å². The Labute approximate surface area is 152 Å². The molecule has 1 saturated heterocycles. The number of carbonyl (C=O) groups excluding carboxylic acids is 2. The molecule has 1 N–H and O–H groups in total. The Bertz CT molecular complexity index is 629. The lowest BCUT2D eigenvalue weighted by Gasteiger charge is -2.28. The van der Waals surface area contributed by atoms with E-state index in [2.05, 4.69) is 5.32 Å². The molecule has 0 radical (unpaired) electrons. The first-order chi connectivity index (χ1) is 11.6. The Balaban J connectivity index is 1.68. The number of halogens is 2. The van der Waals surface area contributed by atoms with E-state index in [0.717, 1.165) is 19.3 Å². The minimum absolute atomic E-state index is 0.0205. The van der Waals surface area contributed by atoms with Crippen LogP contribution in [0, 0.1) is 0 Å². The van der Waals surface area contributed by atoms with Crippen molar-refractivity contribution in [3.05, 3.63) is 33.8 Å². The third kappa shape index (κ3) is 3.86. The summed E-state index contributed by atoms with van der Waals surface area (Å²) < 4.78 is 0. The van der Waals surface area contributed by atoms with Crippen molar-refractivity contribution in [2.45, 2.75) is 57.0 Å². The topological polar surface area (TPSA) is 49.4 Å². The van der Waals surface area contributed by atoms with Crippen molar-refractivity contribution >= 4 is 35.0 Å². The highest BCUT2D eigenvalue weighted by Gasteiger charge is 2.35. The van der Waals surface area contributed by atoms with Gasteiger partial charge in [-0.2, -0.15) is 0 Å². The van der Waals surface area contributed by atoms with E-state index in [-0.39, 0.29) is 23.9 Å². The standard InChI is InChI=1S/C18H22Cl2N2O2/c19-14-9-8-12(11-15(14)20)18(24)22-10-4-7-16(22)17(23)21-13-5-2-1-3-6-13/h8-9,11,13,16H,1-7,10H2,(H,21,23)/t16-/m1/s1. The lowest BCUT2D eigenvalue weighted by molar-refractivity contribution is -0.125. The lowest BCUT2D eigenvalue weighted by Crippen LogP contribution is -2.49. The zero-order valence-corrected chi connectivity index (χ0v) is 15.1. The molecule has 24 heavy (non-hydrogen) atoms. The summed E-state index contributed by atoms with van der Waals surface area (Å²) in [6.07, 6.45) is 7.22. The summed E-state index contributed by atoms with van der Waals surface area (Å²) in [4.78, 5) is 27.1. The second kappa shape index (κ2) is 7.75. The average molecular weight is 369 g/mol. The van der Waals surface area contributed by atoms with Gasteiger partial charge in [0.25, 0.3) is 5.91 Å². The molecule has 2 amide bonds. The first-order valence-electron chi connectivity index (χ1n) is 8.62. The third-order valence-electron chi connectivity index (χ3n) is 4.93. The van der Waals surface area contributed by atoms with Crippen molar-refractivity contribution in [1.82, 2.24) is 10.2 Å². The van der Waals surface area contributed by atoms with Gasteiger partial charge in [-0.05, 0) is 43.9 Å². The predicted octanol–water partition coefficient (Wildman–Crippen LogP) is 4.05. The number of rotatable bonds is 3. The van der Waals surface area contributed by atoms with Gasteiger partial charge in [0.2, 0.25) is 5.91 Å². The van der Waals surface area contributed by atoms with E-state index in [1.807, 2.05) is 0 Å². The number of nitrogens with zero attached hydrogens (tertiary/aromatic N) is 1. The second-order valence-corrected chi connectivity index (χ2v) is 7.44. The molecule has 2 fully saturated rings. The predicted molar refractivity (Wildman–Crippen MR) is 95.5 cm³/mol. The summed E-state index contributed by atoms with van der Waals surface area (Å²) in [7, 11) is 0. The van der Waals surface area contributed by atoms with Gasteiger partial charge in [-0.1, -0.05) is 42.5 Å². The Morgan fingerprint density at radius 2 is 1.75 bits per heavy atom. The molecule has 1 aliphatic heterocycles. The van der Waals surface area contributed by atoms with Crippen LogP contribution in [0.4, 0.5) is 0 Å². The first kappa shape index (κ1) is 17.6. The summed E-state index contributed by atoms with van der Waals surface area (Å²) in [5.41, 5.74) is 0.474. The molecule has 130 valence electrons. The van der Waals surface area contributed by atoms with Crippen LogP contribution in [0.2, 0.25) is 10.0 Å². The Morgan fingerprint density at radius 3 is 2.46 bits per heavy atom. The quantitative estimate of drug-likeness (QED) is 0.874. The van der Waals surface area contributed by atoms with Crippen LogP contribution in [0.1, 0.15) is 55.3 Å². The number of nitrogens with one attached hydrogen (secondary N) is 1. The van der Waals surface area contributed by atoms with E-state index >= 15 is 0 Å². The number of carbonyl (C=O) groups is 2. The lowest BCUT2D eigenvalue weighted by atomic mass is 9.95. The SMILES string of the molecule is O=C(NC1CCCCC1)[C@H]1CCCN1C(=O)c1ccc(Cl)c(Cl)c1. The normalized spacial score (nSPS) is 21.8. The van der Waals surface area contributed by atoms with Crippen LogP contribution in [0.5, 0.6) is 0 Å². The molecule has 0 unspecified atom stereocenters. The third-order valence-corrected chi connectivity index (χ3v) is 5.67. The van der Waals surface area contributed by atoms with Crippen LogP contribution < -0.4 is 5.32 Å². The zero-order valence-electron chi connectivity index (χ0n) is 13.6. The summed E-state index contributed by atoms with van der Waals surface area (Å²) in [5, 5.41) is 3.91. The second-order valence-electron chi connectivity index (χ2n) is 6.63. The highest BCUT2D eigenvalue weighted by atomic mass is 35.5. The highest BCUT2D eigenvalue weighted by molar-refractivity contribution is 6.42. The molecular formula is C18H22Cl2N2O2. The van der Waals surface area contributed by atoms with E-state index in [1.54, 1.807) is 23.1 Å². The van der Waals surface area contributed by atoms with Crippen LogP contribution in [-0.4, -0.2) is 35.3 Å². The molecular weight excluding hydrogens is 347 g/mol. The summed E-state index contributed by atoms with van der Waals surface area (Å²) >= 11 is 11.9. The maximum atomic E-state index is 12.8. The molecule has 1 aromatic carbocycles. The van der Waals surface area contributed by atoms with E-state index < -0.39 is 0 Å². The van der Waals surface area contributed by atoms with Crippen molar-refractivity contribution in [3.63, 3.8) is 0 Å². The molecule has 1 saturated carbocycles. The van der Waals surface area contributed by atoms with Gasteiger partial charge in [-0.15, -0.1) is 0 Å². The van der Waals surface area contributed by atoms with E-state index in [1.165, 1.54) is 19.3 Å². The molecule has 0 aromatic heterocycles. The van der Waals surface area contributed by atoms with Crippen molar-refractivity contribution < 1.29 is 9.59 Å². The number of hydrogen-bond acceptors (Lipinski definition) is 2. The average Bonchev–Trinajstić information content (AvgIpc) is 3.07. The molecule has 4 nitrogen and oxygen atoms in total. The molecule has 2 aliphatic rings. The van der Waals surface area contributed by atoms with Gasteiger partial charge >= 0.3 is 0 Å². The van der Waals surface area contributed by atoms with Gasteiger partial charge in [0.15, 0.2) is 0 Å². The molecule has 0 bridgehead atoms. The molecule has 1 atom stereocenters. The van der Waals surface area contributed by atoms with Crippen molar-refractivity contribution in [3.8, 4) is 0 Å². The summed E-state index contributed by atoms with van der Waals surface area (Å²) in [6.45, 7) is 0.599. The smallest absolute Gasteiger partial charge is 0.254 e. The number of likely N-dealkylation sites (tertiary alicyclic amines) is 1. The Kier molecular flexibility index (Phi) is 5.67. The van der Waals surface area contributed by atoms with Gasteiger partial charge in [0.05, 0.1) is 10.0 Å². The fourth-order valence-corrected chi connectivity index (χ4v) is 3.92. The number of amides is 2. The van der Waals surface area contributed by atoms with Crippen molar-refractivity contribution in [2.24, 2.45) is 0 Å². The first-order valence-corrected chi connectivity index (χ1v) is 9.38. The fourth-order valence-electron chi connectivity index (χ4n) is 3.62. The zero-order chi connectivity index (χ0) is 17.1. The molecule has 1 aromatic rings. The van der Waals surface area contributed by atoms with Crippen LogP contribution in [0.3, 0.4) is 0 Å². The van der Waals surface area contributed by atoms with Gasteiger partial charge in [0.1, 0.15) is 6.04 Å². The Morgan fingerprint density at radius 1 is 1.00 bits per heavy atom. The highest BCUT2D eigenvalue weighted by Crippen LogP contribution is 2.26. The molecule has 3 rings (SSSR count). The maximum Gasteiger partial charge on any atom is 0.254 e. The van der Waals surface area contributed by atoms with Crippen LogP contribution in [0.25, 0.3) is 0 Å². The fraction of sp³-hybridized carbons (Fsp3) is 0.556. The molecule has 6 heteroatoms. The monoisotopic (exact) mass is 368 g/mol. The Hall–Kier alpha value is -1.26. The van der Waals surface area contributed by atoms with E-state index in [0.29, 0.717) is 28.6 Å². The number of hydrogen-bond donors (Lipinski definition) is 1.